The normalized spacial score (nSPS) is 10.1. The highest BCUT2D eigenvalue weighted by molar-refractivity contribution is 9.10. The van der Waals surface area contributed by atoms with Crippen molar-refractivity contribution in [1.29, 1.82) is 0 Å². The quantitative estimate of drug-likeness (QED) is 0.920. The largest absolute Gasteiger partial charge is 0.481 e. The molecule has 0 spiro atoms. The van der Waals surface area contributed by atoms with Crippen LogP contribution in [0.4, 0.5) is 4.39 Å². The topological polar surface area (TPSA) is 37.3 Å². The lowest BCUT2D eigenvalue weighted by Crippen LogP contribution is -1.98. The summed E-state index contributed by atoms with van der Waals surface area (Å²) in [6.07, 6.45) is 0. The SMILES string of the molecule is O=C(O)CSCc1cc(Br)ccc1F. The van der Waals surface area contributed by atoms with Crippen molar-refractivity contribution < 1.29 is 14.3 Å². The summed E-state index contributed by atoms with van der Waals surface area (Å²) in [5.74, 6) is -0.819. The van der Waals surface area contributed by atoms with Gasteiger partial charge in [-0.15, -0.1) is 11.8 Å². The first-order chi connectivity index (χ1) is 6.59. The van der Waals surface area contributed by atoms with Crippen LogP contribution in [0.2, 0.25) is 0 Å². The van der Waals surface area contributed by atoms with Gasteiger partial charge >= 0.3 is 5.97 Å². The molecule has 0 aliphatic rings. The molecule has 0 aromatic heterocycles. The second kappa shape index (κ2) is 5.36. The molecule has 0 bridgehead atoms. The Bertz CT molecular complexity index is 344. The van der Waals surface area contributed by atoms with E-state index in [2.05, 4.69) is 15.9 Å². The van der Waals surface area contributed by atoms with Gasteiger partial charge in [-0.1, -0.05) is 15.9 Å². The number of hydrogen-bond donors (Lipinski definition) is 1. The van der Waals surface area contributed by atoms with Gasteiger partial charge in [-0.25, -0.2) is 4.39 Å². The summed E-state index contributed by atoms with van der Waals surface area (Å²) in [6.45, 7) is 0. The second-order valence-electron chi connectivity index (χ2n) is 2.62. The molecular weight excluding hydrogens is 271 g/mol. The third-order valence-electron chi connectivity index (χ3n) is 1.49. The van der Waals surface area contributed by atoms with Gasteiger partial charge in [-0.2, -0.15) is 0 Å². The first-order valence-corrected chi connectivity index (χ1v) is 5.78. The van der Waals surface area contributed by atoms with E-state index in [1.165, 1.54) is 17.8 Å². The summed E-state index contributed by atoms with van der Waals surface area (Å²) in [5.41, 5.74) is 0.519. The molecular formula is C9H8BrFO2S. The fourth-order valence-electron chi connectivity index (χ4n) is 0.902. The van der Waals surface area contributed by atoms with Crippen molar-refractivity contribution in [3.05, 3.63) is 34.1 Å². The zero-order chi connectivity index (χ0) is 10.6. The van der Waals surface area contributed by atoms with E-state index in [1.54, 1.807) is 12.1 Å². The van der Waals surface area contributed by atoms with E-state index in [0.717, 1.165) is 4.47 Å². The Balaban J connectivity index is 2.57. The standard InChI is InChI=1S/C9H8BrFO2S/c10-7-1-2-8(11)6(3-7)4-14-5-9(12)13/h1-3H,4-5H2,(H,12,13). The third kappa shape index (κ3) is 3.67. The number of carbonyl (C=O) groups is 1. The van der Waals surface area contributed by atoms with Crippen molar-refractivity contribution >= 4 is 33.7 Å². The van der Waals surface area contributed by atoms with E-state index in [0.29, 0.717) is 11.3 Å². The fourth-order valence-corrected chi connectivity index (χ4v) is 2.03. The maximum atomic E-state index is 13.1. The van der Waals surface area contributed by atoms with E-state index in [-0.39, 0.29) is 11.6 Å². The molecule has 1 aromatic rings. The number of halogens is 2. The summed E-state index contributed by atoms with van der Waals surface area (Å²) >= 11 is 4.40. The van der Waals surface area contributed by atoms with Crippen LogP contribution in [-0.4, -0.2) is 16.8 Å². The van der Waals surface area contributed by atoms with E-state index >= 15 is 0 Å². The van der Waals surface area contributed by atoms with Gasteiger partial charge in [-0.3, -0.25) is 4.79 Å². The summed E-state index contributed by atoms with van der Waals surface area (Å²) in [4.78, 5) is 10.2. The Morgan fingerprint density at radius 3 is 2.93 bits per heavy atom. The van der Waals surface area contributed by atoms with E-state index < -0.39 is 5.97 Å². The van der Waals surface area contributed by atoms with Gasteiger partial charge in [0, 0.05) is 10.2 Å². The molecule has 1 N–H and O–H groups in total. The van der Waals surface area contributed by atoms with Gasteiger partial charge in [0.2, 0.25) is 0 Å². The highest BCUT2D eigenvalue weighted by Crippen LogP contribution is 2.20. The highest BCUT2D eigenvalue weighted by atomic mass is 79.9. The van der Waals surface area contributed by atoms with Crippen LogP contribution in [0.25, 0.3) is 0 Å². The number of benzene rings is 1. The molecule has 0 radical (unpaired) electrons. The summed E-state index contributed by atoms with van der Waals surface area (Å²) < 4.78 is 13.9. The molecule has 0 heterocycles. The van der Waals surface area contributed by atoms with Crippen LogP contribution in [0.5, 0.6) is 0 Å². The number of hydrogen-bond acceptors (Lipinski definition) is 2. The number of thioether (sulfide) groups is 1. The maximum Gasteiger partial charge on any atom is 0.313 e. The zero-order valence-corrected chi connectivity index (χ0v) is 9.57. The lowest BCUT2D eigenvalue weighted by atomic mass is 10.2. The van der Waals surface area contributed by atoms with Crippen LogP contribution >= 0.6 is 27.7 Å². The number of carboxylic acids is 1. The van der Waals surface area contributed by atoms with Gasteiger partial charge < -0.3 is 5.11 Å². The van der Waals surface area contributed by atoms with Crippen molar-refractivity contribution in [2.24, 2.45) is 0 Å². The molecule has 14 heavy (non-hydrogen) atoms. The average Bonchev–Trinajstić information content (AvgIpc) is 2.10. The van der Waals surface area contributed by atoms with Gasteiger partial charge in [0.25, 0.3) is 0 Å². The minimum atomic E-state index is -0.884. The van der Waals surface area contributed by atoms with E-state index in [1.807, 2.05) is 0 Å². The van der Waals surface area contributed by atoms with Crippen LogP contribution in [0, 0.1) is 5.82 Å². The van der Waals surface area contributed by atoms with Crippen molar-refractivity contribution in [2.75, 3.05) is 5.75 Å². The van der Waals surface area contributed by atoms with Gasteiger partial charge in [0.05, 0.1) is 5.75 Å². The monoisotopic (exact) mass is 278 g/mol. The Morgan fingerprint density at radius 1 is 1.57 bits per heavy atom. The van der Waals surface area contributed by atoms with Crippen LogP contribution in [0.15, 0.2) is 22.7 Å². The predicted octanol–water partition coefficient (Wildman–Crippen LogP) is 2.91. The molecule has 0 aliphatic heterocycles. The van der Waals surface area contributed by atoms with Crippen molar-refractivity contribution in [2.45, 2.75) is 5.75 Å². The molecule has 1 rings (SSSR count). The molecule has 0 aliphatic carbocycles. The Labute approximate surface area is 93.6 Å². The van der Waals surface area contributed by atoms with Crippen molar-refractivity contribution in [3.63, 3.8) is 0 Å². The van der Waals surface area contributed by atoms with Crippen LogP contribution in [0.1, 0.15) is 5.56 Å². The van der Waals surface area contributed by atoms with Crippen LogP contribution in [-0.2, 0) is 10.5 Å². The zero-order valence-electron chi connectivity index (χ0n) is 7.17. The predicted molar refractivity (Wildman–Crippen MR) is 57.9 cm³/mol. The molecule has 5 heteroatoms. The Kier molecular flexibility index (Phi) is 4.41. The smallest absolute Gasteiger partial charge is 0.313 e. The summed E-state index contributed by atoms with van der Waals surface area (Å²) in [5, 5.41) is 8.39. The van der Waals surface area contributed by atoms with Gasteiger partial charge in [0.15, 0.2) is 0 Å². The van der Waals surface area contributed by atoms with Gasteiger partial charge in [0.1, 0.15) is 5.82 Å². The average molecular weight is 279 g/mol. The minimum absolute atomic E-state index is 0.00798. The Morgan fingerprint density at radius 2 is 2.29 bits per heavy atom. The molecule has 0 atom stereocenters. The number of aliphatic carboxylic acids is 1. The van der Waals surface area contributed by atoms with Gasteiger partial charge in [-0.05, 0) is 23.8 Å². The third-order valence-corrected chi connectivity index (χ3v) is 2.95. The van der Waals surface area contributed by atoms with E-state index in [4.69, 9.17) is 5.11 Å². The van der Waals surface area contributed by atoms with E-state index in [9.17, 15) is 9.18 Å². The molecule has 0 amide bonds. The fraction of sp³-hybridized carbons (Fsp3) is 0.222. The summed E-state index contributed by atoms with van der Waals surface area (Å²) in [6, 6.07) is 4.63. The molecule has 0 saturated carbocycles. The van der Waals surface area contributed by atoms with Crippen LogP contribution in [0.3, 0.4) is 0 Å². The molecule has 76 valence electrons. The minimum Gasteiger partial charge on any atom is -0.481 e. The molecule has 0 fully saturated rings. The molecule has 0 unspecified atom stereocenters. The molecule has 1 aromatic carbocycles. The Hall–Kier alpha value is -0.550. The number of rotatable bonds is 4. The lowest BCUT2D eigenvalue weighted by molar-refractivity contribution is -0.133. The summed E-state index contributed by atoms with van der Waals surface area (Å²) in [7, 11) is 0. The maximum absolute atomic E-state index is 13.1. The highest BCUT2D eigenvalue weighted by Gasteiger charge is 2.04. The molecule has 0 saturated heterocycles. The van der Waals surface area contributed by atoms with Crippen molar-refractivity contribution in [1.82, 2.24) is 0 Å². The second-order valence-corrected chi connectivity index (χ2v) is 4.52. The van der Waals surface area contributed by atoms with Crippen LogP contribution < -0.4 is 0 Å². The van der Waals surface area contributed by atoms with Crippen molar-refractivity contribution in [3.8, 4) is 0 Å². The number of carboxylic acid groups (broad SMARTS) is 1. The first-order valence-electron chi connectivity index (χ1n) is 3.83. The lowest BCUT2D eigenvalue weighted by Gasteiger charge is -2.02. The molecule has 2 nitrogen and oxygen atoms in total. The first kappa shape index (κ1) is 11.5.